The number of ketones is 1. The molecule has 41 heavy (non-hydrogen) atoms. The van der Waals surface area contributed by atoms with Crippen molar-refractivity contribution >= 4 is 29.1 Å². The molecule has 1 saturated heterocycles. The molecule has 0 saturated carbocycles. The lowest BCUT2D eigenvalue weighted by Gasteiger charge is -2.27. The van der Waals surface area contributed by atoms with Gasteiger partial charge < -0.3 is 14.6 Å². The first kappa shape index (κ1) is 29.6. The number of nitrogens with zero attached hydrogens (tertiary/aromatic N) is 1. The van der Waals surface area contributed by atoms with E-state index >= 15 is 0 Å². The molecule has 3 aromatic carbocycles. The summed E-state index contributed by atoms with van der Waals surface area (Å²) >= 11 is 0. The predicted octanol–water partition coefficient (Wildman–Crippen LogP) is 6.70. The third-order valence-corrected chi connectivity index (χ3v) is 7.42. The van der Waals surface area contributed by atoms with Gasteiger partial charge in [-0.1, -0.05) is 71.9 Å². The van der Waals surface area contributed by atoms with Gasteiger partial charge in [-0.05, 0) is 63.9 Å². The Morgan fingerprint density at radius 3 is 1.88 bits per heavy atom. The van der Waals surface area contributed by atoms with Gasteiger partial charge in [0.1, 0.15) is 11.5 Å². The van der Waals surface area contributed by atoms with E-state index in [2.05, 4.69) is 20.8 Å². The summed E-state index contributed by atoms with van der Waals surface area (Å²) in [5.74, 6) is -2.05. The average Bonchev–Trinajstić information content (AvgIpc) is 3.20. The van der Waals surface area contributed by atoms with Crippen LogP contribution in [0.5, 0.6) is 5.75 Å². The summed E-state index contributed by atoms with van der Waals surface area (Å²) in [5, 5.41) is 11.8. The second-order valence-electron chi connectivity index (χ2n) is 12.2. The fourth-order valence-electron chi connectivity index (χ4n) is 4.96. The first-order valence-electron chi connectivity index (χ1n) is 13.5. The van der Waals surface area contributed by atoms with Gasteiger partial charge in [-0.25, -0.2) is 4.79 Å². The Morgan fingerprint density at radius 1 is 0.805 bits per heavy atom. The van der Waals surface area contributed by atoms with Crippen LogP contribution >= 0.6 is 0 Å². The number of anilines is 1. The topological polar surface area (TPSA) is 93.1 Å². The number of benzene rings is 3. The minimum Gasteiger partial charge on any atom is -0.507 e. The number of Topliss-reactive ketones (excluding diaryl/α,β-unsaturated/α-hetero) is 1. The quantitative estimate of drug-likeness (QED) is 0.163. The van der Waals surface area contributed by atoms with E-state index in [9.17, 15) is 19.5 Å². The van der Waals surface area contributed by atoms with E-state index in [-0.39, 0.29) is 22.2 Å². The van der Waals surface area contributed by atoms with Crippen molar-refractivity contribution < 1.29 is 29.0 Å². The van der Waals surface area contributed by atoms with Gasteiger partial charge in [0.15, 0.2) is 0 Å². The molecule has 0 spiro atoms. The number of aliphatic hydroxyl groups excluding tert-OH is 1. The molecule has 0 aromatic heterocycles. The maximum Gasteiger partial charge on any atom is 0.337 e. The van der Waals surface area contributed by atoms with E-state index in [1.54, 1.807) is 24.3 Å². The van der Waals surface area contributed by atoms with Gasteiger partial charge in [0.2, 0.25) is 0 Å². The summed E-state index contributed by atoms with van der Waals surface area (Å²) in [7, 11) is 2.78. The first-order valence-corrected chi connectivity index (χ1v) is 13.5. The molecule has 1 N–H and O–H groups in total. The van der Waals surface area contributed by atoms with Crippen LogP contribution in [0.4, 0.5) is 5.69 Å². The van der Waals surface area contributed by atoms with Gasteiger partial charge in [-0.2, -0.15) is 0 Å². The number of carbonyl (C=O) groups excluding carboxylic acids is 3. The standard InChI is InChI=1S/C34H37NO6/c1-33(2,3)22-13-9-20(10-14-22)28-27(29(36)25-19-23(34(4,5)6)15-18-26(25)40-7)30(37)31(38)35(28)24-16-11-21(12-17-24)32(39)41-8/h9-19,28,36H,1-8H3/b29-27+. The van der Waals surface area contributed by atoms with Crippen molar-refractivity contribution in [2.75, 3.05) is 19.1 Å². The zero-order chi connectivity index (χ0) is 30.3. The second-order valence-corrected chi connectivity index (χ2v) is 12.2. The summed E-state index contributed by atoms with van der Waals surface area (Å²) in [6, 6.07) is 18.5. The molecule has 1 fully saturated rings. The number of methoxy groups -OCH3 is 2. The van der Waals surface area contributed by atoms with Gasteiger partial charge in [0.05, 0.1) is 37.0 Å². The van der Waals surface area contributed by atoms with Gasteiger partial charge in [-0.3, -0.25) is 14.5 Å². The largest absolute Gasteiger partial charge is 0.507 e. The molecule has 3 aromatic rings. The highest BCUT2D eigenvalue weighted by atomic mass is 16.5. The highest BCUT2D eigenvalue weighted by Crippen LogP contribution is 2.44. The van der Waals surface area contributed by atoms with Crippen LogP contribution in [0.15, 0.2) is 72.3 Å². The van der Waals surface area contributed by atoms with E-state index in [1.165, 1.54) is 31.3 Å². The Bertz CT molecular complexity index is 1520. The van der Waals surface area contributed by atoms with E-state index in [1.807, 2.05) is 51.1 Å². The number of carbonyl (C=O) groups is 3. The molecule has 0 bridgehead atoms. The fraction of sp³-hybridized carbons (Fsp3) is 0.324. The normalized spacial score (nSPS) is 17.1. The van der Waals surface area contributed by atoms with Crippen LogP contribution in [-0.2, 0) is 25.2 Å². The molecule has 1 unspecified atom stereocenters. The molecule has 1 aliphatic heterocycles. The zero-order valence-electron chi connectivity index (χ0n) is 24.9. The van der Waals surface area contributed by atoms with E-state index < -0.39 is 23.7 Å². The van der Waals surface area contributed by atoms with Gasteiger partial charge >= 0.3 is 5.97 Å². The summed E-state index contributed by atoms with van der Waals surface area (Å²) < 4.78 is 10.4. The van der Waals surface area contributed by atoms with Crippen molar-refractivity contribution in [3.8, 4) is 5.75 Å². The maximum atomic E-state index is 13.7. The molecule has 4 rings (SSSR count). The number of amides is 1. The molecule has 0 radical (unpaired) electrons. The number of rotatable bonds is 5. The molecule has 7 heteroatoms. The van der Waals surface area contributed by atoms with Crippen LogP contribution in [0, 0.1) is 0 Å². The predicted molar refractivity (Wildman–Crippen MR) is 159 cm³/mol. The van der Waals surface area contributed by atoms with Crippen LogP contribution in [0.3, 0.4) is 0 Å². The lowest BCUT2D eigenvalue weighted by molar-refractivity contribution is -0.132. The van der Waals surface area contributed by atoms with Crippen molar-refractivity contribution in [3.05, 3.63) is 100 Å². The van der Waals surface area contributed by atoms with Crippen molar-refractivity contribution in [1.82, 2.24) is 0 Å². The Kier molecular flexibility index (Phi) is 7.85. The van der Waals surface area contributed by atoms with Gasteiger partial charge in [0, 0.05) is 5.69 Å². The monoisotopic (exact) mass is 555 g/mol. The van der Waals surface area contributed by atoms with Gasteiger partial charge in [-0.15, -0.1) is 0 Å². The number of hydrogen-bond donors (Lipinski definition) is 1. The summed E-state index contributed by atoms with van der Waals surface area (Å²) in [6.45, 7) is 12.5. The molecule has 214 valence electrons. The van der Waals surface area contributed by atoms with Crippen molar-refractivity contribution in [3.63, 3.8) is 0 Å². The van der Waals surface area contributed by atoms with Crippen molar-refractivity contribution in [1.29, 1.82) is 0 Å². The van der Waals surface area contributed by atoms with E-state index in [4.69, 9.17) is 9.47 Å². The molecule has 7 nitrogen and oxygen atoms in total. The summed E-state index contributed by atoms with van der Waals surface area (Å²) in [6.07, 6.45) is 0. The minimum absolute atomic E-state index is 0.0417. The molecular formula is C34H37NO6. The smallest absolute Gasteiger partial charge is 0.337 e. The van der Waals surface area contributed by atoms with Crippen molar-refractivity contribution in [2.45, 2.75) is 58.4 Å². The molecule has 1 atom stereocenters. The SMILES string of the molecule is COC(=O)c1ccc(N2C(=O)C(=O)/C(=C(/O)c3cc(C(C)(C)C)ccc3OC)C2c2ccc(C(C)(C)C)cc2)cc1. The average molecular weight is 556 g/mol. The third kappa shape index (κ3) is 5.62. The zero-order valence-corrected chi connectivity index (χ0v) is 24.9. The maximum absolute atomic E-state index is 13.7. The molecule has 1 heterocycles. The Balaban J connectivity index is 1.96. The number of ether oxygens (including phenoxy) is 2. The van der Waals surface area contributed by atoms with Crippen molar-refractivity contribution in [2.24, 2.45) is 0 Å². The minimum atomic E-state index is -0.920. The van der Waals surface area contributed by atoms with Crippen LogP contribution in [-0.4, -0.2) is 37.0 Å². The van der Waals surface area contributed by atoms with Crippen LogP contribution < -0.4 is 9.64 Å². The summed E-state index contributed by atoms with van der Waals surface area (Å²) in [5.41, 5.74) is 3.32. The Morgan fingerprint density at radius 2 is 1.37 bits per heavy atom. The first-order chi connectivity index (χ1) is 19.2. The highest BCUT2D eigenvalue weighted by molar-refractivity contribution is 6.51. The molecule has 1 aliphatic rings. The number of aliphatic hydroxyl groups is 1. The van der Waals surface area contributed by atoms with E-state index in [0.717, 1.165) is 11.1 Å². The lowest BCUT2D eigenvalue weighted by Crippen LogP contribution is -2.29. The van der Waals surface area contributed by atoms with E-state index in [0.29, 0.717) is 28.1 Å². The van der Waals surface area contributed by atoms with Gasteiger partial charge in [0.25, 0.3) is 11.7 Å². The number of hydrogen-bond acceptors (Lipinski definition) is 6. The lowest BCUT2D eigenvalue weighted by atomic mass is 9.84. The molecule has 1 amide bonds. The van der Waals surface area contributed by atoms with Crippen LogP contribution in [0.25, 0.3) is 5.76 Å². The Labute approximate surface area is 241 Å². The third-order valence-electron chi connectivity index (χ3n) is 7.42. The fourth-order valence-corrected chi connectivity index (χ4v) is 4.96. The number of esters is 1. The summed E-state index contributed by atoms with van der Waals surface area (Å²) in [4.78, 5) is 40.7. The molecular weight excluding hydrogens is 518 g/mol. The Hall–Kier alpha value is -4.39. The second kappa shape index (κ2) is 10.9. The molecule has 0 aliphatic carbocycles. The highest BCUT2D eigenvalue weighted by Gasteiger charge is 2.47. The van der Waals surface area contributed by atoms with Crippen LogP contribution in [0.2, 0.25) is 0 Å². The van der Waals surface area contributed by atoms with Crippen LogP contribution in [0.1, 0.15) is 80.2 Å².